The maximum absolute atomic E-state index is 13.3. The summed E-state index contributed by atoms with van der Waals surface area (Å²) in [5.41, 5.74) is 2.00. The fraction of sp³-hybridized carbons (Fsp3) is 0.409. The number of guanidine groups is 1. The minimum atomic E-state index is -0.224. The zero-order valence-corrected chi connectivity index (χ0v) is 17.8. The molecule has 1 aliphatic heterocycles. The molecule has 0 saturated carbocycles. The quantitative estimate of drug-likeness (QED) is 0.395. The lowest BCUT2D eigenvalue weighted by Gasteiger charge is -2.34. The predicted octanol–water partition coefficient (Wildman–Crippen LogP) is 1.63. The Balaban J connectivity index is 1.16. The van der Waals surface area contributed by atoms with Crippen molar-refractivity contribution in [2.24, 2.45) is 4.99 Å². The Morgan fingerprint density at radius 2 is 1.90 bits per heavy atom. The van der Waals surface area contributed by atoms with Crippen LogP contribution in [-0.2, 0) is 6.42 Å². The molecule has 0 unspecified atom stereocenters. The van der Waals surface area contributed by atoms with Crippen molar-refractivity contribution in [3.63, 3.8) is 0 Å². The van der Waals surface area contributed by atoms with Crippen LogP contribution in [0.1, 0.15) is 5.56 Å². The lowest BCUT2D eigenvalue weighted by atomic mass is 10.1. The minimum Gasteiger partial charge on any atom is -0.361 e. The van der Waals surface area contributed by atoms with Crippen LogP contribution < -0.4 is 15.5 Å². The fourth-order valence-corrected chi connectivity index (χ4v) is 3.86. The summed E-state index contributed by atoms with van der Waals surface area (Å²) in [5, 5.41) is 7.80. The van der Waals surface area contributed by atoms with Crippen molar-refractivity contribution in [1.82, 2.24) is 30.5 Å². The van der Waals surface area contributed by atoms with Crippen molar-refractivity contribution in [1.29, 1.82) is 0 Å². The second-order valence-electron chi connectivity index (χ2n) is 7.56. The number of nitrogens with one attached hydrogen (secondary N) is 3. The number of nitrogens with zero attached hydrogens (tertiary/aromatic N) is 5. The third-order valence-corrected chi connectivity index (χ3v) is 5.57. The number of anilines is 1. The SMILES string of the molecule is CN=C(NCCc1c[nH]c2cc(F)ccc12)NCCN1CCN(c2ncccn2)CC1. The highest BCUT2D eigenvalue weighted by molar-refractivity contribution is 5.83. The normalized spacial score (nSPS) is 15.4. The van der Waals surface area contributed by atoms with E-state index >= 15 is 0 Å². The number of hydrogen-bond acceptors (Lipinski definition) is 5. The Morgan fingerprint density at radius 1 is 1.13 bits per heavy atom. The summed E-state index contributed by atoms with van der Waals surface area (Å²) in [6.07, 6.45) is 6.35. The van der Waals surface area contributed by atoms with Crippen LogP contribution >= 0.6 is 0 Å². The zero-order chi connectivity index (χ0) is 21.5. The van der Waals surface area contributed by atoms with E-state index < -0.39 is 0 Å². The highest BCUT2D eigenvalue weighted by Crippen LogP contribution is 2.19. The molecule has 0 radical (unpaired) electrons. The monoisotopic (exact) mass is 424 g/mol. The number of benzene rings is 1. The third-order valence-electron chi connectivity index (χ3n) is 5.57. The molecule has 3 N–H and O–H groups in total. The van der Waals surface area contributed by atoms with E-state index in [2.05, 4.69) is 40.4 Å². The van der Waals surface area contributed by atoms with E-state index in [0.717, 1.165) is 75.0 Å². The number of H-pyrrole nitrogens is 1. The van der Waals surface area contributed by atoms with Crippen molar-refractivity contribution in [3.8, 4) is 0 Å². The molecule has 1 aromatic carbocycles. The van der Waals surface area contributed by atoms with Gasteiger partial charge in [-0.3, -0.25) is 9.89 Å². The van der Waals surface area contributed by atoms with Gasteiger partial charge in [0.1, 0.15) is 5.82 Å². The number of halogens is 1. The van der Waals surface area contributed by atoms with Gasteiger partial charge in [0.05, 0.1) is 0 Å². The van der Waals surface area contributed by atoms with Gasteiger partial charge in [-0.1, -0.05) is 0 Å². The lowest BCUT2D eigenvalue weighted by molar-refractivity contribution is 0.260. The summed E-state index contributed by atoms with van der Waals surface area (Å²) in [7, 11) is 1.78. The van der Waals surface area contributed by atoms with Crippen molar-refractivity contribution in [3.05, 3.63) is 54.2 Å². The first-order valence-corrected chi connectivity index (χ1v) is 10.7. The Morgan fingerprint density at radius 3 is 2.68 bits per heavy atom. The average Bonchev–Trinajstić information content (AvgIpc) is 3.21. The number of aliphatic imine (C=N–C) groups is 1. The molecule has 1 aliphatic rings. The van der Waals surface area contributed by atoms with E-state index in [4.69, 9.17) is 0 Å². The van der Waals surface area contributed by atoms with Crippen LogP contribution in [0.2, 0.25) is 0 Å². The number of fused-ring (bicyclic) bond motifs is 1. The molecule has 2 aromatic heterocycles. The number of aromatic nitrogens is 3. The van der Waals surface area contributed by atoms with Gasteiger partial charge in [-0.25, -0.2) is 14.4 Å². The van der Waals surface area contributed by atoms with Gasteiger partial charge in [0.25, 0.3) is 0 Å². The Hall–Kier alpha value is -3.20. The van der Waals surface area contributed by atoms with E-state index in [0.29, 0.717) is 0 Å². The van der Waals surface area contributed by atoms with E-state index in [-0.39, 0.29) is 5.82 Å². The van der Waals surface area contributed by atoms with Crippen LogP contribution in [0.5, 0.6) is 0 Å². The number of rotatable bonds is 7. The van der Waals surface area contributed by atoms with Crippen molar-refractivity contribution in [2.45, 2.75) is 6.42 Å². The molecule has 0 atom stereocenters. The Kier molecular flexibility index (Phi) is 6.93. The fourth-order valence-electron chi connectivity index (χ4n) is 3.86. The topological polar surface area (TPSA) is 84.5 Å². The molecule has 8 nitrogen and oxygen atoms in total. The van der Waals surface area contributed by atoms with Crippen LogP contribution in [0.3, 0.4) is 0 Å². The van der Waals surface area contributed by atoms with Gasteiger partial charge in [0, 0.05) is 82.4 Å². The molecule has 9 heteroatoms. The summed E-state index contributed by atoms with van der Waals surface area (Å²) in [5.74, 6) is 1.38. The van der Waals surface area contributed by atoms with Gasteiger partial charge in [0.2, 0.25) is 5.95 Å². The van der Waals surface area contributed by atoms with Crippen LogP contribution in [0.15, 0.2) is 47.8 Å². The molecule has 0 spiro atoms. The van der Waals surface area contributed by atoms with Crippen LogP contribution in [0, 0.1) is 5.82 Å². The first-order valence-electron chi connectivity index (χ1n) is 10.7. The zero-order valence-electron chi connectivity index (χ0n) is 17.8. The smallest absolute Gasteiger partial charge is 0.225 e. The van der Waals surface area contributed by atoms with Crippen molar-refractivity contribution < 1.29 is 4.39 Å². The first kappa shape index (κ1) is 21.0. The average molecular weight is 425 g/mol. The molecular formula is C22H29FN8. The maximum atomic E-state index is 13.3. The lowest BCUT2D eigenvalue weighted by Crippen LogP contribution is -2.49. The predicted molar refractivity (Wildman–Crippen MR) is 122 cm³/mol. The number of aromatic amines is 1. The number of piperazine rings is 1. The molecular weight excluding hydrogens is 395 g/mol. The summed E-state index contributed by atoms with van der Waals surface area (Å²) >= 11 is 0. The van der Waals surface area contributed by atoms with Crippen LogP contribution in [0.4, 0.5) is 10.3 Å². The van der Waals surface area contributed by atoms with Crippen molar-refractivity contribution >= 4 is 22.8 Å². The summed E-state index contributed by atoms with van der Waals surface area (Å²) in [6, 6.07) is 6.70. The van der Waals surface area contributed by atoms with Gasteiger partial charge in [-0.05, 0) is 36.2 Å². The van der Waals surface area contributed by atoms with Crippen LogP contribution in [-0.4, -0.2) is 78.7 Å². The highest BCUT2D eigenvalue weighted by atomic mass is 19.1. The molecule has 3 aromatic rings. The van der Waals surface area contributed by atoms with Crippen LogP contribution in [0.25, 0.3) is 10.9 Å². The molecule has 1 saturated heterocycles. The van der Waals surface area contributed by atoms with E-state index in [1.807, 2.05) is 18.3 Å². The van der Waals surface area contributed by atoms with Gasteiger partial charge in [-0.2, -0.15) is 0 Å². The molecule has 1 fully saturated rings. The second-order valence-corrected chi connectivity index (χ2v) is 7.56. The van der Waals surface area contributed by atoms with Gasteiger partial charge >= 0.3 is 0 Å². The molecule has 3 heterocycles. The minimum absolute atomic E-state index is 0.224. The molecule has 164 valence electrons. The van der Waals surface area contributed by atoms with Gasteiger partial charge in [-0.15, -0.1) is 0 Å². The summed E-state index contributed by atoms with van der Waals surface area (Å²) < 4.78 is 13.3. The summed E-state index contributed by atoms with van der Waals surface area (Å²) in [6.45, 7) is 6.39. The second kappa shape index (κ2) is 10.2. The Bertz CT molecular complexity index is 995. The van der Waals surface area contributed by atoms with E-state index in [9.17, 15) is 4.39 Å². The number of hydrogen-bond donors (Lipinski definition) is 3. The van der Waals surface area contributed by atoms with Gasteiger partial charge < -0.3 is 20.5 Å². The molecule has 4 rings (SSSR count). The van der Waals surface area contributed by atoms with Gasteiger partial charge in [0.15, 0.2) is 5.96 Å². The van der Waals surface area contributed by atoms with Crippen molar-refractivity contribution in [2.75, 3.05) is 57.8 Å². The largest absolute Gasteiger partial charge is 0.361 e. The standard InChI is InChI=1S/C22H29FN8/c1-24-21(25-8-5-17-16-29-20-15-18(23)3-4-19(17)20)26-9-10-30-11-13-31(14-12-30)22-27-6-2-7-28-22/h2-4,6-7,15-16,29H,5,8-14H2,1H3,(H2,24,25,26). The Labute approximate surface area is 181 Å². The van der Waals surface area contributed by atoms with E-state index in [1.54, 1.807) is 19.4 Å². The highest BCUT2D eigenvalue weighted by Gasteiger charge is 2.18. The molecule has 0 aliphatic carbocycles. The maximum Gasteiger partial charge on any atom is 0.225 e. The van der Waals surface area contributed by atoms with E-state index in [1.165, 1.54) is 17.7 Å². The molecule has 0 amide bonds. The third kappa shape index (κ3) is 5.49. The first-order chi connectivity index (χ1) is 15.2. The molecule has 31 heavy (non-hydrogen) atoms. The molecule has 0 bridgehead atoms. The summed E-state index contributed by atoms with van der Waals surface area (Å²) in [4.78, 5) is 20.8.